The van der Waals surface area contributed by atoms with Crippen molar-refractivity contribution in [1.82, 2.24) is 29.4 Å². The summed E-state index contributed by atoms with van der Waals surface area (Å²) >= 11 is 1.35. The average Bonchev–Trinajstić information content (AvgIpc) is 3.91. The van der Waals surface area contributed by atoms with E-state index in [1.54, 1.807) is 53.5 Å². The maximum absolute atomic E-state index is 15.3. The van der Waals surface area contributed by atoms with E-state index in [4.69, 9.17) is 48.6 Å². The minimum Gasteiger partial charge on any atom is -0.458 e. The number of methoxy groups -OCH3 is 2. The Morgan fingerprint density at radius 1 is 0.933 bits per heavy atom. The van der Waals surface area contributed by atoms with E-state index in [1.807, 2.05) is 77.2 Å². The number of nitrogen functional groups attached to an aromatic ring is 1. The first-order chi connectivity index (χ1) is 35.4. The number of aliphatic hydroxyl groups excluding tert-OH is 2. The van der Waals surface area contributed by atoms with E-state index in [1.165, 1.54) is 18.9 Å². The fourth-order valence-electron chi connectivity index (χ4n) is 12.1. The lowest BCUT2D eigenvalue weighted by Crippen LogP contribution is -2.61. The van der Waals surface area contributed by atoms with Gasteiger partial charge in [-0.25, -0.2) is 4.98 Å². The molecule has 0 amide bonds. The molecule has 0 bridgehead atoms. The summed E-state index contributed by atoms with van der Waals surface area (Å²) in [4.78, 5) is 64.5. The second kappa shape index (κ2) is 23.9. The van der Waals surface area contributed by atoms with Crippen LogP contribution in [0.4, 0.5) is 11.8 Å². The number of anilines is 2. The Balaban J connectivity index is 1.23. The van der Waals surface area contributed by atoms with Crippen LogP contribution in [0.1, 0.15) is 100 Å². The molecular weight excluding hydrogens is 989 g/mol. The number of rotatable bonds is 15. The maximum Gasteiger partial charge on any atom is 0.320 e. The highest BCUT2D eigenvalue weighted by Crippen LogP contribution is 2.49. The number of aryl methyl sites for hydroxylation is 1. The Bertz CT molecular complexity index is 2440. The van der Waals surface area contributed by atoms with Gasteiger partial charge in [0.2, 0.25) is 5.95 Å². The molecule has 4 aliphatic heterocycles. The quantitative estimate of drug-likeness (QED) is 0.149. The zero-order valence-electron chi connectivity index (χ0n) is 46.1. The van der Waals surface area contributed by atoms with Gasteiger partial charge in [0.25, 0.3) is 0 Å². The minimum absolute atomic E-state index is 0.111. The van der Waals surface area contributed by atoms with Gasteiger partial charge in [-0.3, -0.25) is 19.4 Å². The Morgan fingerprint density at radius 2 is 1.63 bits per heavy atom. The van der Waals surface area contributed by atoms with Crippen LogP contribution in [-0.4, -0.2) is 175 Å². The number of ketones is 1. The lowest BCUT2D eigenvalue weighted by Gasteiger charge is -2.50. The van der Waals surface area contributed by atoms with Gasteiger partial charge in [-0.1, -0.05) is 27.7 Å². The van der Waals surface area contributed by atoms with Crippen molar-refractivity contribution < 1.29 is 62.5 Å². The molecule has 0 aromatic carbocycles. The van der Waals surface area contributed by atoms with E-state index in [0.717, 1.165) is 5.56 Å². The first kappa shape index (κ1) is 58.6. The van der Waals surface area contributed by atoms with Crippen LogP contribution < -0.4 is 11.1 Å². The predicted octanol–water partition coefficient (Wildman–Crippen LogP) is 4.79. The minimum atomic E-state index is -1.44. The monoisotopic (exact) mass is 1070 g/mol. The standard InChI is InChI=1S/C53H82N8O13S/c1-15-35-53(10)37(42(48(66)74-53)75-21-20-61-26-57-38-45(54)58-50(59-46(38)61)56-25-33-16-18-55-19-17-33)29(4)39(62)27(2)23-52(9,68-14)44(73-49-40(63)34(60(11)12)22-28(3)69-49)30(5)41(31(6)47(65)71-35)72-36-24-51(8,67-13)43(64)32(7)70-36/h16-19,26-32,34-37,40-44,49,63-64H,15,20-25H2,1-14H3,(H3,54,56,58,59)/t27-,28-,29-,30+,31-,32+,34+,35-,36+,37+,40-,41+,42+,43+,44-,49+,51-,52-,53-/m1/s1. The van der Waals surface area contributed by atoms with Gasteiger partial charge in [-0.05, 0) is 92.6 Å². The van der Waals surface area contributed by atoms with Crippen LogP contribution in [-0.2, 0) is 65.4 Å². The number of hydrogen-bond acceptors (Lipinski definition) is 21. The summed E-state index contributed by atoms with van der Waals surface area (Å²) in [5.74, 6) is -4.41. The van der Waals surface area contributed by atoms with E-state index < -0.39 is 113 Å². The molecule has 3 aromatic rings. The van der Waals surface area contributed by atoms with Gasteiger partial charge in [0.05, 0.1) is 47.9 Å². The zero-order valence-corrected chi connectivity index (χ0v) is 46.9. The summed E-state index contributed by atoms with van der Waals surface area (Å²) in [6.45, 7) is 19.0. The van der Waals surface area contributed by atoms with Crippen LogP contribution in [0.3, 0.4) is 0 Å². The van der Waals surface area contributed by atoms with Crippen LogP contribution in [0, 0.1) is 29.6 Å². The molecule has 3 aromatic heterocycles. The van der Waals surface area contributed by atoms with E-state index in [0.29, 0.717) is 42.4 Å². The SMILES string of the molecule is CC[C@H]1OC(=O)[C@H](C)[C@@H](O[C@H]2C[C@@](C)(OC)[C@@H](O)[C@H](C)O2)[C@H](C)[C@@H](O[C@@H]2O[C@H](C)C[C@H](N(C)C)[C@H]2O)[C@](C)(OC)C[C@@H](C)C(=O)[C@H](C)[C@H]2[C@H](SCCn3cnc4c(N)nc(NCc5ccncc5)nc43)C(=O)O[C@@]21C. The van der Waals surface area contributed by atoms with Crippen LogP contribution >= 0.6 is 11.8 Å². The molecule has 7 heterocycles. The smallest absolute Gasteiger partial charge is 0.320 e. The van der Waals surface area contributed by atoms with Crippen molar-refractivity contribution in [2.24, 2.45) is 29.6 Å². The van der Waals surface area contributed by atoms with Crippen molar-refractivity contribution in [3.63, 3.8) is 0 Å². The molecule has 75 heavy (non-hydrogen) atoms. The van der Waals surface area contributed by atoms with Crippen LogP contribution in [0.15, 0.2) is 30.9 Å². The third kappa shape index (κ3) is 12.1. The summed E-state index contributed by atoms with van der Waals surface area (Å²) in [6.07, 6.45) is -2.12. The number of thioether (sulfide) groups is 1. The van der Waals surface area contributed by atoms with Crippen molar-refractivity contribution in [2.45, 2.75) is 191 Å². The number of Topliss-reactive ketones (excluding diaryl/α,β-unsaturated/α-hetero) is 1. The van der Waals surface area contributed by atoms with Gasteiger partial charge >= 0.3 is 11.9 Å². The van der Waals surface area contributed by atoms with E-state index in [-0.39, 0.29) is 43.0 Å². The number of pyridine rings is 1. The van der Waals surface area contributed by atoms with Crippen molar-refractivity contribution in [3.05, 3.63) is 36.4 Å². The van der Waals surface area contributed by atoms with Gasteiger partial charge in [-0.2, -0.15) is 9.97 Å². The highest BCUT2D eigenvalue weighted by molar-refractivity contribution is 8.00. The molecule has 0 aliphatic carbocycles. The lowest BCUT2D eigenvalue weighted by molar-refractivity contribution is -0.319. The molecule has 4 saturated heterocycles. The number of fused-ring (bicyclic) bond motifs is 2. The molecule has 4 aliphatic rings. The lowest BCUT2D eigenvalue weighted by atomic mass is 9.70. The highest BCUT2D eigenvalue weighted by Gasteiger charge is 2.62. The molecule has 0 unspecified atom stereocenters. The fraction of sp³-hybridized carbons (Fsp3) is 0.755. The number of aliphatic hydroxyl groups is 2. The van der Waals surface area contributed by atoms with E-state index in [9.17, 15) is 15.0 Å². The van der Waals surface area contributed by atoms with Crippen molar-refractivity contribution in [1.29, 1.82) is 0 Å². The number of aromatic nitrogens is 5. The molecule has 418 valence electrons. The molecule has 7 rings (SSSR count). The Morgan fingerprint density at radius 3 is 2.28 bits per heavy atom. The Hall–Kier alpha value is -4.10. The highest BCUT2D eigenvalue weighted by atomic mass is 32.2. The molecule has 19 atom stereocenters. The molecule has 0 spiro atoms. The normalized spacial score (nSPS) is 39.2. The number of likely N-dealkylation sites (N-methyl/N-ethyl adjacent to an activating group) is 1. The second-order valence-electron chi connectivity index (χ2n) is 22.1. The van der Waals surface area contributed by atoms with Gasteiger partial charge in [0, 0.05) is 81.6 Å². The number of nitrogens with one attached hydrogen (secondary N) is 1. The largest absolute Gasteiger partial charge is 0.458 e. The predicted molar refractivity (Wildman–Crippen MR) is 280 cm³/mol. The molecule has 0 saturated carbocycles. The molecule has 5 N–H and O–H groups in total. The molecule has 4 fully saturated rings. The summed E-state index contributed by atoms with van der Waals surface area (Å²) in [7, 11) is 6.84. The third-order valence-electron chi connectivity index (χ3n) is 16.6. The molecule has 21 nitrogen and oxygen atoms in total. The number of imidazole rings is 1. The Kier molecular flexibility index (Phi) is 18.6. The molecule has 22 heteroatoms. The maximum atomic E-state index is 15.3. The first-order valence-corrected chi connectivity index (χ1v) is 27.4. The van der Waals surface area contributed by atoms with E-state index in [2.05, 4.69) is 20.3 Å². The third-order valence-corrected chi connectivity index (χ3v) is 17.8. The molecular formula is C53H82N8O13S. The topological polar surface area (TPSA) is 263 Å². The van der Waals surface area contributed by atoms with Crippen molar-refractivity contribution in [2.75, 3.05) is 45.1 Å². The summed E-state index contributed by atoms with van der Waals surface area (Å²) < 4.78 is 53.8. The number of nitrogens with two attached hydrogens (primary N) is 1. The zero-order chi connectivity index (χ0) is 54.9. The number of carbonyl (C=O) groups is 3. The number of hydrogen-bond donors (Lipinski definition) is 4. The molecule has 0 radical (unpaired) electrons. The van der Waals surface area contributed by atoms with Crippen LogP contribution in [0.25, 0.3) is 11.2 Å². The summed E-state index contributed by atoms with van der Waals surface area (Å²) in [5.41, 5.74) is 4.49. The Labute approximate surface area is 445 Å². The first-order valence-electron chi connectivity index (χ1n) is 26.3. The number of carbonyl (C=O) groups excluding carboxylic acids is 3. The van der Waals surface area contributed by atoms with Gasteiger partial charge in [-0.15, -0.1) is 11.8 Å². The number of nitrogens with zero attached hydrogens (tertiary/aromatic N) is 6. The number of esters is 2. The number of cyclic esters (lactones) is 1. The van der Waals surface area contributed by atoms with Crippen LogP contribution in [0.5, 0.6) is 0 Å². The second-order valence-corrected chi connectivity index (χ2v) is 23.4. The summed E-state index contributed by atoms with van der Waals surface area (Å²) in [5, 5.41) is 25.4. The van der Waals surface area contributed by atoms with Crippen molar-refractivity contribution in [3.8, 4) is 0 Å². The van der Waals surface area contributed by atoms with Crippen LogP contribution in [0.2, 0.25) is 0 Å². The van der Waals surface area contributed by atoms with Crippen molar-refractivity contribution >= 4 is 52.4 Å². The number of ether oxygens (including phenoxy) is 8. The van der Waals surface area contributed by atoms with Gasteiger partial charge in [0.1, 0.15) is 34.9 Å². The van der Waals surface area contributed by atoms with E-state index >= 15 is 9.59 Å². The van der Waals surface area contributed by atoms with Gasteiger partial charge in [0.15, 0.2) is 29.6 Å². The summed E-state index contributed by atoms with van der Waals surface area (Å²) in [6, 6.07) is 3.46. The van der Waals surface area contributed by atoms with Gasteiger partial charge < -0.3 is 68.6 Å². The fourth-order valence-corrected chi connectivity index (χ4v) is 13.5. The average molecular weight is 1070 g/mol.